The molecule has 4 heteroatoms. The van der Waals surface area contributed by atoms with Gasteiger partial charge in [0.15, 0.2) is 0 Å². The second-order valence-electron chi connectivity index (χ2n) is 4.94. The number of rotatable bonds is 4. The molecule has 0 saturated carbocycles. The Morgan fingerprint density at radius 1 is 1.56 bits per heavy atom. The van der Waals surface area contributed by atoms with Gasteiger partial charge in [-0.2, -0.15) is 0 Å². The Morgan fingerprint density at radius 3 is 2.78 bits per heavy atom. The van der Waals surface area contributed by atoms with Crippen molar-refractivity contribution in [2.45, 2.75) is 44.7 Å². The monoisotopic (exact) mass is 248 g/mol. The lowest BCUT2D eigenvalue weighted by molar-refractivity contribution is -0.151. The minimum atomic E-state index is -0.692. The molecular formula is C14H20N2O2. The van der Waals surface area contributed by atoms with Gasteiger partial charge in [0.05, 0.1) is 0 Å². The first-order valence-corrected chi connectivity index (χ1v) is 6.52. The average Bonchev–Trinajstić information content (AvgIpc) is 2.84. The second kappa shape index (κ2) is 5.06. The van der Waals surface area contributed by atoms with Gasteiger partial charge in [-0.25, -0.2) is 0 Å². The molecule has 2 rings (SSSR count). The number of aliphatic carboxylic acids is 1. The molecule has 0 aromatic carbocycles. The lowest BCUT2D eigenvalue weighted by Crippen LogP contribution is -2.50. The number of pyridine rings is 1. The molecule has 1 aliphatic heterocycles. The van der Waals surface area contributed by atoms with Crippen molar-refractivity contribution in [2.75, 3.05) is 6.54 Å². The Hall–Kier alpha value is -1.42. The van der Waals surface area contributed by atoms with Crippen molar-refractivity contribution < 1.29 is 9.90 Å². The normalized spacial score (nSPS) is 26.1. The van der Waals surface area contributed by atoms with E-state index in [0.717, 1.165) is 24.9 Å². The van der Waals surface area contributed by atoms with E-state index in [-0.39, 0.29) is 6.04 Å². The zero-order chi connectivity index (χ0) is 13.2. The first-order chi connectivity index (χ1) is 8.62. The predicted molar refractivity (Wildman–Crippen MR) is 69.2 cm³/mol. The standard InChI is InChI=1S/C14H20N2O2/c1-3-14(13(17)18)7-4-10-16(14)11(2)12-5-8-15-9-6-12/h5-6,8-9,11H,3-4,7,10H2,1-2H3,(H,17,18). The summed E-state index contributed by atoms with van der Waals surface area (Å²) in [5.41, 5.74) is 0.439. The Balaban J connectivity index is 2.29. The molecule has 0 radical (unpaired) electrons. The van der Waals surface area contributed by atoms with Crippen LogP contribution in [-0.4, -0.2) is 33.0 Å². The van der Waals surface area contributed by atoms with E-state index in [0.29, 0.717) is 6.42 Å². The molecule has 1 aromatic rings. The van der Waals surface area contributed by atoms with Gasteiger partial charge < -0.3 is 5.11 Å². The fourth-order valence-electron chi connectivity index (χ4n) is 3.05. The van der Waals surface area contributed by atoms with Gasteiger partial charge in [-0.1, -0.05) is 6.92 Å². The SMILES string of the molecule is CCC1(C(=O)O)CCCN1C(C)c1ccncc1. The summed E-state index contributed by atoms with van der Waals surface area (Å²) in [5, 5.41) is 9.58. The summed E-state index contributed by atoms with van der Waals surface area (Å²) in [5.74, 6) is -0.691. The van der Waals surface area contributed by atoms with Gasteiger partial charge in [-0.3, -0.25) is 14.7 Å². The Bertz CT molecular complexity index is 421. The number of carbonyl (C=O) groups is 1. The minimum absolute atomic E-state index is 0.117. The van der Waals surface area contributed by atoms with Crippen molar-refractivity contribution in [1.29, 1.82) is 0 Å². The van der Waals surface area contributed by atoms with Gasteiger partial charge >= 0.3 is 5.97 Å². The molecule has 18 heavy (non-hydrogen) atoms. The maximum atomic E-state index is 11.6. The van der Waals surface area contributed by atoms with Crippen molar-refractivity contribution in [2.24, 2.45) is 0 Å². The van der Waals surface area contributed by atoms with Crippen LogP contribution < -0.4 is 0 Å². The molecule has 0 spiro atoms. The summed E-state index contributed by atoms with van der Waals surface area (Å²) in [6.45, 7) is 4.89. The second-order valence-corrected chi connectivity index (χ2v) is 4.94. The molecule has 1 saturated heterocycles. The third-order valence-electron chi connectivity index (χ3n) is 4.18. The largest absolute Gasteiger partial charge is 0.480 e. The quantitative estimate of drug-likeness (QED) is 0.889. The van der Waals surface area contributed by atoms with Crippen molar-refractivity contribution in [3.63, 3.8) is 0 Å². The van der Waals surface area contributed by atoms with Crippen LogP contribution in [0.5, 0.6) is 0 Å². The van der Waals surface area contributed by atoms with E-state index >= 15 is 0 Å². The average molecular weight is 248 g/mol. The molecule has 2 unspecified atom stereocenters. The molecule has 1 aliphatic rings. The molecule has 1 aromatic heterocycles. The van der Waals surface area contributed by atoms with E-state index in [2.05, 4.69) is 16.8 Å². The summed E-state index contributed by atoms with van der Waals surface area (Å²) < 4.78 is 0. The van der Waals surface area contributed by atoms with Crippen LogP contribution in [0.1, 0.15) is 44.7 Å². The Kier molecular flexibility index (Phi) is 3.66. The van der Waals surface area contributed by atoms with Crippen molar-refractivity contribution >= 4 is 5.97 Å². The van der Waals surface area contributed by atoms with Crippen LogP contribution in [-0.2, 0) is 4.79 Å². The van der Waals surface area contributed by atoms with Crippen LogP contribution in [0.2, 0.25) is 0 Å². The summed E-state index contributed by atoms with van der Waals surface area (Å²) in [6.07, 6.45) is 5.87. The molecule has 98 valence electrons. The maximum absolute atomic E-state index is 11.6. The van der Waals surface area contributed by atoms with Crippen LogP contribution in [0.25, 0.3) is 0 Å². The fourth-order valence-corrected chi connectivity index (χ4v) is 3.05. The van der Waals surface area contributed by atoms with Gasteiger partial charge in [0.25, 0.3) is 0 Å². The van der Waals surface area contributed by atoms with Gasteiger partial charge in [0, 0.05) is 18.4 Å². The third kappa shape index (κ3) is 2.01. The molecule has 1 N–H and O–H groups in total. The Labute approximate surface area is 108 Å². The summed E-state index contributed by atoms with van der Waals surface area (Å²) in [4.78, 5) is 17.8. The van der Waals surface area contributed by atoms with Gasteiger partial charge in [-0.05, 0) is 50.4 Å². The molecule has 4 nitrogen and oxygen atoms in total. The van der Waals surface area contributed by atoms with E-state index in [1.807, 2.05) is 19.1 Å². The van der Waals surface area contributed by atoms with E-state index < -0.39 is 11.5 Å². The van der Waals surface area contributed by atoms with E-state index in [1.165, 1.54) is 0 Å². The first-order valence-electron chi connectivity index (χ1n) is 6.52. The maximum Gasteiger partial charge on any atom is 0.324 e. The van der Waals surface area contributed by atoms with E-state index in [4.69, 9.17) is 0 Å². The van der Waals surface area contributed by atoms with Crippen LogP contribution in [0.15, 0.2) is 24.5 Å². The van der Waals surface area contributed by atoms with Crippen molar-refractivity contribution in [3.05, 3.63) is 30.1 Å². The van der Waals surface area contributed by atoms with E-state index in [1.54, 1.807) is 12.4 Å². The smallest absolute Gasteiger partial charge is 0.324 e. The lowest BCUT2D eigenvalue weighted by Gasteiger charge is -2.38. The van der Waals surface area contributed by atoms with Gasteiger partial charge in [0.2, 0.25) is 0 Å². The number of nitrogens with zero attached hydrogens (tertiary/aromatic N) is 2. The topological polar surface area (TPSA) is 53.4 Å². The van der Waals surface area contributed by atoms with Crippen molar-refractivity contribution in [3.8, 4) is 0 Å². The van der Waals surface area contributed by atoms with Crippen LogP contribution in [0.3, 0.4) is 0 Å². The number of carboxylic acids is 1. The Morgan fingerprint density at radius 2 is 2.22 bits per heavy atom. The highest BCUT2D eigenvalue weighted by Crippen LogP contribution is 2.39. The van der Waals surface area contributed by atoms with Crippen LogP contribution in [0.4, 0.5) is 0 Å². The highest BCUT2D eigenvalue weighted by molar-refractivity contribution is 5.79. The molecule has 2 atom stereocenters. The zero-order valence-corrected chi connectivity index (χ0v) is 11.0. The number of hydrogen-bond donors (Lipinski definition) is 1. The molecule has 0 bridgehead atoms. The predicted octanol–water partition coefficient (Wildman–Crippen LogP) is 2.47. The summed E-state index contributed by atoms with van der Waals surface area (Å²) in [7, 11) is 0. The minimum Gasteiger partial charge on any atom is -0.480 e. The molecule has 1 fully saturated rings. The molecule has 2 heterocycles. The number of aromatic nitrogens is 1. The summed E-state index contributed by atoms with van der Waals surface area (Å²) in [6, 6.07) is 4.04. The fraction of sp³-hybridized carbons (Fsp3) is 0.571. The number of carboxylic acid groups (broad SMARTS) is 1. The van der Waals surface area contributed by atoms with Crippen LogP contribution >= 0.6 is 0 Å². The highest BCUT2D eigenvalue weighted by atomic mass is 16.4. The van der Waals surface area contributed by atoms with Gasteiger partial charge in [-0.15, -0.1) is 0 Å². The molecule has 0 amide bonds. The van der Waals surface area contributed by atoms with E-state index in [9.17, 15) is 9.90 Å². The molecular weight excluding hydrogens is 228 g/mol. The zero-order valence-electron chi connectivity index (χ0n) is 11.0. The highest BCUT2D eigenvalue weighted by Gasteiger charge is 2.48. The number of hydrogen-bond acceptors (Lipinski definition) is 3. The van der Waals surface area contributed by atoms with Crippen molar-refractivity contribution in [1.82, 2.24) is 9.88 Å². The summed E-state index contributed by atoms with van der Waals surface area (Å²) >= 11 is 0. The molecule has 0 aliphatic carbocycles. The van der Waals surface area contributed by atoms with Gasteiger partial charge in [0.1, 0.15) is 5.54 Å². The first kappa shape index (κ1) is 13.0. The lowest BCUT2D eigenvalue weighted by atomic mass is 9.91. The van der Waals surface area contributed by atoms with Crippen LogP contribution in [0, 0.1) is 0 Å². The number of likely N-dealkylation sites (tertiary alicyclic amines) is 1. The third-order valence-corrected chi connectivity index (χ3v) is 4.18.